The van der Waals surface area contributed by atoms with Crippen LogP contribution in [0.1, 0.15) is 30.9 Å². The van der Waals surface area contributed by atoms with E-state index in [2.05, 4.69) is 86.3 Å². The van der Waals surface area contributed by atoms with Gasteiger partial charge in [-0.3, -0.25) is 0 Å². The molecule has 0 heterocycles. The zero-order valence-corrected chi connectivity index (χ0v) is 18.4. The van der Waals surface area contributed by atoms with E-state index >= 15 is 0 Å². The van der Waals surface area contributed by atoms with Gasteiger partial charge in [0.05, 0.1) is 0 Å². The summed E-state index contributed by atoms with van der Waals surface area (Å²) in [5.74, 6) is 0. The van der Waals surface area contributed by atoms with Gasteiger partial charge in [-0.25, -0.2) is 0 Å². The van der Waals surface area contributed by atoms with Gasteiger partial charge in [0.25, 0.3) is 0 Å². The predicted octanol–water partition coefficient (Wildman–Crippen LogP) is 5.57. The maximum atomic E-state index is 3.93. The van der Waals surface area contributed by atoms with E-state index in [1.807, 2.05) is 0 Å². The summed E-state index contributed by atoms with van der Waals surface area (Å²) in [5.41, 5.74) is 6.05. The van der Waals surface area contributed by atoms with Crippen LogP contribution in [0.3, 0.4) is 0 Å². The van der Waals surface area contributed by atoms with Crippen LogP contribution in [0.25, 0.3) is 11.1 Å². The third-order valence-electron chi connectivity index (χ3n) is 5.41. The molecule has 0 unspecified atom stereocenters. The summed E-state index contributed by atoms with van der Waals surface area (Å²) >= 11 is -2.16. The van der Waals surface area contributed by atoms with Gasteiger partial charge in [-0.1, -0.05) is 0 Å². The molecule has 0 radical (unpaired) electrons. The molecule has 0 nitrogen and oxygen atoms in total. The fourth-order valence-corrected chi connectivity index (χ4v) is 15.8. The molecule has 124 valence electrons. The number of fused-ring (bicyclic) bond motifs is 3. The molecule has 2 aliphatic rings. The van der Waals surface area contributed by atoms with E-state index in [0.717, 1.165) is 12.8 Å². The van der Waals surface area contributed by atoms with Gasteiger partial charge in [0, 0.05) is 0 Å². The van der Waals surface area contributed by atoms with Crippen LogP contribution in [0.5, 0.6) is 0 Å². The van der Waals surface area contributed by atoms with E-state index in [-0.39, 0.29) is 0 Å². The Kier molecular flexibility index (Phi) is 4.94. The van der Waals surface area contributed by atoms with Crippen LogP contribution in [0, 0.1) is 0 Å². The van der Waals surface area contributed by atoms with Crippen LogP contribution >= 0.6 is 0 Å². The molecule has 2 aromatic carbocycles. The van der Waals surface area contributed by atoms with Gasteiger partial charge in [0.15, 0.2) is 0 Å². The Balaban J connectivity index is 1.86. The van der Waals surface area contributed by atoms with Crippen molar-refractivity contribution in [2.24, 2.45) is 0 Å². The van der Waals surface area contributed by atoms with Gasteiger partial charge >= 0.3 is 159 Å². The molecule has 0 aliphatic heterocycles. The summed E-state index contributed by atoms with van der Waals surface area (Å²) in [6.45, 7) is 6.35. The first-order valence-electron chi connectivity index (χ1n) is 9.15. The zero-order valence-electron chi connectivity index (χ0n) is 14.8. The van der Waals surface area contributed by atoms with E-state index in [9.17, 15) is 0 Å². The first-order valence-corrected chi connectivity index (χ1v) is 14.8. The van der Waals surface area contributed by atoms with Crippen molar-refractivity contribution >= 4 is 6.58 Å². The van der Waals surface area contributed by atoms with Gasteiger partial charge < -0.3 is 0 Å². The molecule has 0 bridgehead atoms. The minimum atomic E-state index is -2.16. The summed E-state index contributed by atoms with van der Waals surface area (Å²) in [6, 6.07) is 16.0. The molecular weight excluding hydrogens is 467 g/mol. The number of benzene rings is 2. The Labute approximate surface area is 158 Å². The van der Waals surface area contributed by atoms with Crippen molar-refractivity contribution in [2.75, 3.05) is 0 Å². The second-order valence-electron chi connectivity index (χ2n) is 6.98. The van der Waals surface area contributed by atoms with Crippen LogP contribution in [-0.4, -0.2) is 3.26 Å². The standard InChI is InChI=1S/C13H9.C6H10.C5H5.Hf/c1-3-7-12-10(5-1)9-11-6-2-4-8-13(11)12;1-3-5-6-4-2;1-2-4-5-3-1;/h1-5,7-8H,9H2;3H,1,5-6H2,2H3;1-5H;. The molecule has 1 heteroatoms. The van der Waals surface area contributed by atoms with Crippen molar-refractivity contribution in [3.8, 4) is 11.1 Å². The average molecular weight is 491 g/mol. The molecule has 0 amide bonds. The number of rotatable bonds is 5. The number of allylic oxidation sites excluding steroid dienone is 5. The van der Waals surface area contributed by atoms with Gasteiger partial charge in [0.2, 0.25) is 0 Å². The maximum absolute atomic E-state index is 3.93. The Morgan fingerprint density at radius 1 is 1.08 bits per heavy atom. The van der Waals surface area contributed by atoms with Gasteiger partial charge in [-0.05, 0) is 0 Å². The van der Waals surface area contributed by atoms with E-state index in [1.165, 1.54) is 23.1 Å². The molecule has 25 heavy (non-hydrogen) atoms. The summed E-state index contributed by atoms with van der Waals surface area (Å²) in [6.07, 6.45) is 14.9. The number of hydrogen-bond donors (Lipinski definition) is 0. The molecule has 0 saturated heterocycles. The fourth-order valence-electron chi connectivity index (χ4n) is 4.18. The zero-order chi connectivity index (χ0) is 17.2. The fraction of sp³-hybridized carbons (Fsp3) is 0.208. The van der Waals surface area contributed by atoms with Crippen molar-refractivity contribution in [1.29, 1.82) is 0 Å². The second kappa shape index (κ2) is 7.33. The molecule has 0 N–H and O–H groups in total. The van der Waals surface area contributed by atoms with Crippen molar-refractivity contribution in [3.63, 3.8) is 0 Å². The quantitative estimate of drug-likeness (QED) is 0.324. The van der Waals surface area contributed by atoms with Crippen LogP contribution < -0.4 is 3.32 Å². The molecule has 0 spiro atoms. The van der Waals surface area contributed by atoms with Crippen molar-refractivity contribution < 1.29 is 21.0 Å². The van der Waals surface area contributed by atoms with Crippen LogP contribution in [-0.2, 0) is 27.4 Å². The summed E-state index contributed by atoms with van der Waals surface area (Å²) in [4.78, 5) is 0. The Morgan fingerprint density at radius 3 is 2.64 bits per heavy atom. The molecule has 0 aromatic heterocycles. The first-order chi connectivity index (χ1) is 12.3. The normalized spacial score (nSPS) is 15.9. The third-order valence-corrected chi connectivity index (χ3v) is 17.2. The van der Waals surface area contributed by atoms with Crippen molar-refractivity contribution in [3.05, 3.63) is 90.6 Å². The average Bonchev–Trinajstić information content (AvgIpc) is 3.28. The second-order valence-corrected chi connectivity index (χ2v) is 17.4. The molecule has 4 rings (SSSR count). The minimum absolute atomic E-state index is 0.685. The molecule has 0 fully saturated rings. The predicted molar refractivity (Wildman–Crippen MR) is 106 cm³/mol. The van der Waals surface area contributed by atoms with Gasteiger partial charge in [0.1, 0.15) is 0 Å². The van der Waals surface area contributed by atoms with Gasteiger partial charge in [-0.2, -0.15) is 0 Å². The Morgan fingerprint density at radius 2 is 1.84 bits per heavy atom. The summed E-state index contributed by atoms with van der Waals surface area (Å²) < 4.78 is 4.18. The Bertz CT molecular complexity index is 899. The van der Waals surface area contributed by atoms with Crippen molar-refractivity contribution in [1.82, 2.24) is 0 Å². The topological polar surface area (TPSA) is 0 Å². The Hall–Kier alpha value is -1.60. The van der Waals surface area contributed by atoms with Crippen LogP contribution in [0.15, 0.2) is 79.4 Å². The molecule has 0 atom stereocenters. The molecule has 0 saturated carbocycles. The molecular formula is C24H24Hf. The molecule has 2 aliphatic carbocycles. The van der Waals surface area contributed by atoms with E-state index in [4.69, 9.17) is 0 Å². The van der Waals surface area contributed by atoms with Crippen LogP contribution in [0.4, 0.5) is 0 Å². The monoisotopic (exact) mass is 492 g/mol. The third kappa shape index (κ3) is 3.15. The van der Waals surface area contributed by atoms with Crippen LogP contribution in [0.2, 0.25) is 3.67 Å². The number of hydrogen-bond acceptors (Lipinski definition) is 0. The van der Waals surface area contributed by atoms with Crippen molar-refractivity contribution in [2.45, 2.75) is 29.9 Å². The summed E-state index contributed by atoms with van der Waals surface area (Å²) in [5, 5.41) is 0. The van der Waals surface area contributed by atoms with Gasteiger partial charge in [-0.15, -0.1) is 0 Å². The molecule has 2 aromatic rings. The van der Waals surface area contributed by atoms with E-state index < -0.39 is 21.0 Å². The van der Waals surface area contributed by atoms with E-state index in [1.54, 1.807) is 12.1 Å². The SMILES string of the molecule is C=CCC[C](C)=[Hf]([c]1cccc2c1Cc1ccccc1-2)[CH]1C=CC=C1. The van der Waals surface area contributed by atoms with E-state index in [0.29, 0.717) is 3.67 Å². The summed E-state index contributed by atoms with van der Waals surface area (Å²) in [7, 11) is 0. The first kappa shape index (κ1) is 16.8.